The second kappa shape index (κ2) is 3.41. The van der Waals surface area contributed by atoms with E-state index in [2.05, 4.69) is 37.3 Å². The molecule has 1 aliphatic rings. The minimum absolute atomic E-state index is 0.793. The van der Waals surface area contributed by atoms with Crippen LogP contribution in [0.4, 0.5) is 0 Å². The van der Waals surface area contributed by atoms with Crippen molar-refractivity contribution in [2.45, 2.75) is 19.3 Å². The zero-order valence-electron chi connectivity index (χ0n) is 8.02. The van der Waals surface area contributed by atoms with Gasteiger partial charge in [0.15, 0.2) is 5.82 Å². The third kappa shape index (κ3) is 1.56. The Hall–Kier alpha value is -1.23. The average Bonchev–Trinajstić information content (AvgIpc) is 2.84. The van der Waals surface area contributed by atoms with E-state index >= 15 is 0 Å². The molecule has 0 saturated carbocycles. The highest BCUT2D eigenvalue weighted by atomic mass is 79.9. The number of aromatic nitrogens is 4. The quantitative estimate of drug-likeness (QED) is 0.791. The van der Waals surface area contributed by atoms with Gasteiger partial charge in [0.05, 0.1) is 16.4 Å². The molecule has 0 amide bonds. The molecule has 0 spiro atoms. The zero-order valence-corrected chi connectivity index (χ0v) is 9.61. The molecule has 0 radical (unpaired) electrons. The summed E-state index contributed by atoms with van der Waals surface area (Å²) in [5.74, 6) is 0.793. The predicted molar refractivity (Wildman–Crippen MR) is 58.9 cm³/mol. The molecule has 2 aromatic rings. The smallest absolute Gasteiger partial charge is 0.175 e. The highest BCUT2D eigenvalue weighted by Crippen LogP contribution is 2.20. The van der Waals surface area contributed by atoms with Crippen LogP contribution < -0.4 is 0 Å². The Labute approximate surface area is 95.5 Å². The van der Waals surface area contributed by atoms with E-state index in [4.69, 9.17) is 0 Å². The number of nitrogens with zero attached hydrogens (tertiary/aromatic N) is 4. The lowest BCUT2D eigenvalue weighted by Gasteiger charge is -2.01. The standard InChI is InChI=1S/C10H9BrN4/c11-8-5-12-15(6-8)10-4-7-2-1-3-9(7)13-14-10/h4-6H,1-3H2. The molecule has 0 aromatic carbocycles. The van der Waals surface area contributed by atoms with Gasteiger partial charge in [0, 0.05) is 6.20 Å². The molecule has 0 saturated heterocycles. The molecule has 15 heavy (non-hydrogen) atoms. The number of halogens is 1. The first-order chi connectivity index (χ1) is 7.33. The first-order valence-corrected chi connectivity index (χ1v) is 5.68. The van der Waals surface area contributed by atoms with Gasteiger partial charge in [-0.1, -0.05) is 0 Å². The van der Waals surface area contributed by atoms with Crippen molar-refractivity contribution in [1.82, 2.24) is 20.0 Å². The van der Waals surface area contributed by atoms with Crippen LogP contribution in [0.1, 0.15) is 17.7 Å². The van der Waals surface area contributed by atoms with Gasteiger partial charge in [0.25, 0.3) is 0 Å². The molecule has 2 heterocycles. The highest BCUT2D eigenvalue weighted by molar-refractivity contribution is 9.10. The van der Waals surface area contributed by atoms with Gasteiger partial charge in [0.2, 0.25) is 0 Å². The van der Waals surface area contributed by atoms with Crippen LogP contribution in [0, 0.1) is 0 Å². The fourth-order valence-corrected chi connectivity index (χ4v) is 2.14. The van der Waals surface area contributed by atoms with E-state index in [9.17, 15) is 0 Å². The van der Waals surface area contributed by atoms with Crippen LogP contribution in [-0.4, -0.2) is 20.0 Å². The molecule has 0 N–H and O–H groups in total. The van der Waals surface area contributed by atoms with E-state index in [1.165, 1.54) is 12.0 Å². The van der Waals surface area contributed by atoms with E-state index in [0.29, 0.717) is 0 Å². The Morgan fingerprint density at radius 2 is 2.20 bits per heavy atom. The number of fused-ring (bicyclic) bond motifs is 1. The number of aryl methyl sites for hydroxylation is 2. The monoisotopic (exact) mass is 264 g/mol. The van der Waals surface area contributed by atoms with Crippen molar-refractivity contribution in [1.29, 1.82) is 0 Å². The number of hydrogen-bond donors (Lipinski definition) is 0. The molecule has 0 bridgehead atoms. The third-order valence-corrected chi connectivity index (χ3v) is 3.00. The summed E-state index contributed by atoms with van der Waals surface area (Å²) >= 11 is 3.36. The Morgan fingerprint density at radius 3 is 3.00 bits per heavy atom. The van der Waals surface area contributed by atoms with Crippen molar-refractivity contribution in [2.75, 3.05) is 0 Å². The van der Waals surface area contributed by atoms with Crippen molar-refractivity contribution in [2.24, 2.45) is 0 Å². The Kier molecular flexibility index (Phi) is 2.05. The maximum Gasteiger partial charge on any atom is 0.175 e. The number of hydrogen-bond acceptors (Lipinski definition) is 3. The largest absolute Gasteiger partial charge is 0.220 e. The maximum atomic E-state index is 4.22. The number of rotatable bonds is 1. The van der Waals surface area contributed by atoms with Gasteiger partial charge >= 0.3 is 0 Å². The fourth-order valence-electron chi connectivity index (χ4n) is 1.86. The van der Waals surface area contributed by atoms with Crippen LogP contribution >= 0.6 is 15.9 Å². The van der Waals surface area contributed by atoms with Gasteiger partial charge in [-0.05, 0) is 46.8 Å². The lowest BCUT2D eigenvalue weighted by molar-refractivity contribution is 0.798. The summed E-state index contributed by atoms with van der Waals surface area (Å²) < 4.78 is 2.68. The predicted octanol–water partition coefficient (Wildman–Crippen LogP) is 1.91. The van der Waals surface area contributed by atoms with Gasteiger partial charge in [-0.15, -0.1) is 5.10 Å². The van der Waals surface area contributed by atoms with Gasteiger partial charge in [-0.2, -0.15) is 10.2 Å². The van der Waals surface area contributed by atoms with Crippen LogP contribution in [0.25, 0.3) is 5.82 Å². The zero-order chi connectivity index (χ0) is 10.3. The van der Waals surface area contributed by atoms with Crippen LogP contribution in [0.5, 0.6) is 0 Å². The summed E-state index contributed by atoms with van der Waals surface area (Å²) in [5, 5.41) is 12.6. The van der Waals surface area contributed by atoms with Gasteiger partial charge in [0.1, 0.15) is 0 Å². The topological polar surface area (TPSA) is 43.6 Å². The molecule has 76 valence electrons. The second-order valence-electron chi connectivity index (χ2n) is 3.63. The first-order valence-electron chi connectivity index (χ1n) is 4.89. The lowest BCUT2D eigenvalue weighted by Crippen LogP contribution is -2.02. The van der Waals surface area contributed by atoms with Crippen LogP contribution in [0.2, 0.25) is 0 Å². The van der Waals surface area contributed by atoms with E-state index in [1.807, 2.05) is 6.20 Å². The van der Waals surface area contributed by atoms with Crippen molar-refractivity contribution >= 4 is 15.9 Å². The maximum absolute atomic E-state index is 4.22. The third-order valence-electron chi connectivity index (χ3n) is 2.59. The Balaban J connectivity index is 2.06. The summed E-state index contributed by atoms with van der Waals surface area (Å²) in [6, 6.07) is 2.08. The second-order valence-corrected chi connectivity index (χ2v) is 4.55. The van der Waals surface area contributed by atoms with Crippen LogP contribution in [0.15, 0.2) is 22.9 Å². The van der Waals surface area contributed by atoms with Crippen molar-refractivity contribution in [3.05, 3.63) is 34.2 Å². The van der Waals surface area contributed by atoms with Crippen LogP contribution in [-0.2, 0) is 12.8 Å². The van der Waals surface area contributed by atoms with E-state index in [0.717, 1.165) is 28.8 Å². The Morgan fingerprint density at radius 1 is 1.27 bits per heavy atom. The van der Waals surface area contributed by atoms with Crippen molar-refractivity contribution in [3.63, 3.8) is 0 Å². The molecule has 0 unspecified atom stereocenters. The molecule has 0 aliphatic heterocycles. The molecule has 2 aromatic heterocycles. The van der Waals surface area contributed by atoms with E-state index in [-0.39, 0.29) is 0 Å². The molecule has 1 aliphatic carbocycles. The SMILES string of the molecule is Brc1cnn(-c2cc3c(nn2)CCC3)c1. The molecule has 0 fully saturated rings. The molecular weight excluding hydrogens is 256 g/mol. The van der Waals surface area contributed by atoms with Crippen LogP contribution in [0.3, 0.4) is 0 Å². The molecule has 0 atom stereocenters. The summed E-state index contributed by atoms with van der Waals surface area (Å²) in [4.78, 5) is 0. The fraction of sp³-hybridized carbons (Fsp3) is 0.300. The Bertz CT molecular complexity index is 506. The van der Waals surface area contributed by atoms with Gasteiger partial charge in [-0.25, -0.2) is 4.68 Å². The van der Waals surface area contributed by atoms with E-state index < -0.39 is 0 Å². The van der Waals surface area contributed by atoms with Crippen molar-refractivity contribution < 1.29 is 0 Å². The summed E-state index contributed by atoms with van der Waals surface area (Å²) in [6.45, 7) is 0. The minimum Gasteiger partial charge on any atom is -0.220 e. The lowest BCUT2D eigenvalue weighted by atomic mass is 10.2. The molecule has 3 rings (SSSR count). The average molecular weight is 265 g/mol. The summed E-state index contributed by atoms with van der Waals surface area (Å²) in [7, 11) is 0. The normalized spacial score (nSPS) is 14.2. The minimum atomic E-state index is 0.793. The summed E-state index contributed by atoms with van der Waals surface area (Å²) in [6.07, 6.45) is 6.99. The highest BCUT2D eigenvalue weighted by Gasteiger charge is 2.14. The van der Waals surface area contributed by atoms with Gasteiger partial charge < -0.3 is 0 Å². The molecule has 4 nitrogen and oxygen atoms in total. The van der Waals surface area contributed by atoms with Gasteiger partial charge in [-0.3, -0.25) is 0 Å². The van der Waals surface area contributed by atoms with E-state index in [1.54, 1.807) is 10.9 Å². The molecule has 5 heteroatoms. The summed E-state index contributed by atoms with van der Waals surface area (Å²) in [5.41, 5.74) is 2.46. The first kappa shape index (κ1) is 9.03. The van der Waals surface area contributed by atoms with Crippen molar-refractivity contribution in [3.8, 4) is 5.82 Å². The molecular formula is C10H9BrN4.